The van der Waals surface area contributed by atoms with Gasteiger partial charge < -0.3 is 26.0 Å². The molecule has 9 heteroatoms. The molecule has 1 aromatic rings. The number of nitrogens with two attached hydrogens (primary N) is 2. The molecule has 0 spiro atoms. The number of hydrogen-bond donors (Lipinski definition) is 3. The Kier molecular flexibility index (Phi) is 7.36. The Morgan fingerprint density at radius 1 is 1.09 bits per heavy atom. The molecule has 1 atom stereocenters. The first kappa shape index (κ1) is 24.7. The van der Waals surface area contributed by atoms with E-state index in [-0.39, 0.29) is 5.91 Å². The van der Waals surface area contributed by atoms with E-state index < -0.39 is 28.4 Å². The molecule has 176 valence electrons. The first-order valence-electron chi connectivity index (χ1n) is 11.0. The third-order valence-electron chi connectivity index (χ3n) is 6.68. The number of piperidine rings is 2. The van der Waals surface area contributed by atoms with E-state index in [2.05, 4.69) is 0 Å². The van der Waals surface area contributed by atoms with Gasteiger partial charge in [0.2, 0.25) is 5.91 Å². The summed E-state index contributed by atoms with van der Waals surface area (Å²) in [5.41, 5.74) is 13.1. The second kappa shape index (κ2) is 9.52. The van der Waals surface area contributed by atoms with Gasteiger partial charge >= 0.3 is 0 Å². The summed E-state index contributed by atoms with van der Waals surface area (Å²) in [6.45, 7) is 7.63. The molecular weight excluding hydrogens is 428 g/mol. The number of carbonyl (C=O) groups excluding carboxylic acids is 2. The van der Waals surface area contributed by atoms with Gasteiger partial charge in [-0.2, -0.15) is 0 Å². The lowest BCUT2D eigenvalue weighted by atomic mass is 9.89. The van der Waals surface area contributed by atoms with Crippen molar-refractivity contribution in [2.24, 2.45) is 11.5 Å². The molecule has 0 radical (unpaired) electrons. The van der Waals surface area contributed by atoms with Gasteiger partial charge in [0.05, 0.1) is 22.5 Å². The van der Waals surface area contributed by atoms with Crippen molar-refractivity contribution < 1.29 is 19.2 Å². The second-order valence-corrected chi connectivity index (χ2v) is 10.7. The van der Waals surface area contributed by atoms with Crippen LogP contribution in [0.3, 0.4) is 0 Å². The first-order valence-corrected chi connectivity index (χ1v) is 12.1. The van der Waals surface area contributed by atoms with Crippen molar-refractivity contribution in [3.63, 3.8) is 0 Å². The van der Waals surface area contributed by atoms with Crippen LogP contribution in [0.25, 0.3) is 6.08 Å². The number of rotatable bonds is 5. The smallest absolute Gasteiger partial charge is 0.253 e. The third-order valence-corrected chi connectivity index (χ3v) is 7.92. The second-order valence-electron chi connectivity index (χ2n) is 9.34. The van der Waals surface area contributed by atoms with Crippen LogP contribution in [0.4, 0.5) is 0 Å². The van der Waals surface area contributed by atoms with Gasteiger partial charge in [-0.1, -0.05) is 0 Å². The summed E-state index contributed by atoms with van der Waals surface area (Å²) in [4.78, 5) is 26.2. The van der Waals surface area contributed by atoms with E-state index in [0.717, 1.165) is 16.7 Å². The van der Waals surface area contributed by atoms with Crippen molar-refractivity contribution in [3.05, 3.63) is 39.8 Å². The van der Waals surface area contributed by atoms with Crippen molar-refractivity contribution in [1.29, 1.82) is 0 Å². The minimum absolute atomic E-state index is 0.0289. The topological polar surface area (TPSA) is 136 Å². The fraction of sp³-hybridized carbons (Fsp3) is 0.565. The summed E-state index contributed by atoms with van der Waals surface area (Å²) in [6, 6.07) is 3.72. The lowest BCUT2D eigenvalue weighted by Crippen LogP contribution is -2.58. The summed E-state index contributed by atoms with van der Waals surface area (Å²) < 4.78 is 14.5. The highest BCUT2D eigenvalue weighted by Gasteiger charge is 2.39. The van der Waals surface area contributed by atoms with Crippen molar-refractivity contribution in [3.8, 4) is 0 Å². The number of primary amides is 1. The lowest BCUT2D eigenvalue weighted by molar-refractivity contribution is -0.124. The highest BCUT2D eigenvalue weighted by Crippen LogP contribution is 2.26. The zero-order valence-electron chi connectivity index (χ0n) is 19.1. The number of hydrogen-bond acceptors (Lipinski definition) is 6. The highest BCUT2D eigenvalue weighted by molar-refractivity contribution is 7.92. The molecule has 0 saturated carbocycles. The fourth-order valence-electron chi connectivity index (χ4n) is 4.26. The lowest BCUT2D eigenvalue weighted by Gasteiger charge is -2.36. The van der Waals surface area contributed by atoms with E-state index in [0.29, 0.717) is 57.4 Å². The maximum absolute atomic E-state index is 12.9. The molecule has 0 bridgehead atoms. The molecule has 5 N–H and O–H groups in total. The third kappa shape index (κ3) is 5.52. The Hall–Kier alpha value is -1.91. The number of likely N-dealkylation sites (tertiary alicyclic amines) is 1. The maximum atomic E-state index is 12.9. The van der Waals surface area contributed by atoms with Crippen LogP contribution >= 0.6 is 0 Å². The minimum atomic E-state index is -1.35. The summed E-state index contributed by atoms with van der Waals surface area (Å²) in [5.74, 6) is -0.548. The van der Waals surface area contributed by atoms with Gasteiger partial charge in [0.25, 0.3) is 5.91 Å². The van der Waals surface area contributed by atoms with Crippen molar-refractivity contribution in [1.82, 2.24) is 9.21 Å². The predicted molar refractivity (Wildman–Crippen MR) is 126 cm³/mol. The van der Waals surface area contributed by atoms with E-state index in [1.807, 2.05) is 39.0 Å². The van der Waals surface area contributed by atoms with Gasteiger partial charge in [0.1, 0.15) is 5.41 Å². The molecule has 8 nitrogen and oxygen atoms in total. The van der Waals surface area contributed by atoms with Crippen LogP contribution in [0, 0.1) is 13.8 Å². The molecule has 0 aromatic heterocycles. The zero-order valence-corrected chi connectivity index (χ0v) is 19.9. The molecule has 1 unspecified atom stereocenters. The Labute approximate surface area is 192 Å². The van der Waals surface area contributed by atoms with Crippen molar-refractivity contribution in [2.75, 3.05) is 26.2 Å². The molecule has 2 amide bonds. The van der Waals surface area contributed by atoms with Gasteiger partial charge in [-0.05, 0) is 81.4 Å². The number of nitrogens with zero attached hydrogens (tertiary/aromatic N) is 2. The number of carbonyl (C=O) groups is 2. The summed E-state index contributed by atoms with van der Waals surface area (Å²) >= 11 is -1.35. The number of benzene rings is 1. The van der Waals surface area contributed by atoms with E-state index in [1.54, 1.807) is 14.6 Å². The van der Waals surface area contributed by atoms with Gasteiger partial charge in [-0.3, -0.25) is 9.59 Å². The highest BCUT2D eigenvalue weighted by atomic mass is 32.2. The molecule has 0 aliphatic carbocycles. The largest absolute Gasteiger partial charge is 0.593 e. The molecule has 3 rings (SSSR count). The van der Waals surface area contributed by atoms with Gasteiger partial charge in [-0.15, -0.1) is 4.31 Å². The molecule has 2 aliphatic rings. The predicted octanol–water partition coefficient (Wildman–Crippen LogP) is 1.20. The fourth-order valence-corrected chi connectivity index (χ4v) is 5.23. The Morgan fingerprint density at radius 3 is 2.12 bits per heavy atom. The van der Waals surface area contributed by atoms with Crippen LogP contribution in [0.5, 0.6) is 0 Å². The Bertz CT molecular complexity index is 876. The normalized spacial score (nSPS) is 22.1. The average molecular weight is 463 g/mol. The molecular formula is C23H34N4O4S. The quantitative estimate of drug-likeness (QED) is 0.563. The molecule has 32 heavy (non-hydrogen) atoms. The average Bonchev–Trinajstić information content (AvgIpc) is 2.72. The molecule has 2 fully saturated rings. The summed E-state index contributed by atoms with van der Waals surface area (Å²) in [5, 5.41) is 11.8. The molecule has 2 aliphatic heterocycles. The summed E-state index contributed by atoms with van der Waals surface area (Å²) in [6.07, 6.45) is 3.73. The first-order chi connectivity index (χ1) is 14.9. The van der Waals surface area contributed by atoms with E-state index in [4.69, 9.17) is 11.5 Å². The SMILES string of the molecule is Cc1cc(C(=O)N2CCC(C)(O)CC2)cc(C)c1/C=C/[S+]([O-])N1CCC(N)(C(N)=O)CC1. The van der Waals surface area contributed by atoms with E-state index in [9.17, 15) is 19.2 Å². The van der Waals surface area contributed by atoms with Crippen molar-refractivity contribution >= 4 is 29.3 Å². The van der Waals surface area contributed by atoms with Gasteiger partial charge in [0, 0.05) is 31.7 Å². The minimum Gasteiger partial charge on any atom is -0.593 e. The van der Waals surface area contributed by atoms with Gasteiger partial charge in [-0.25, -0.2) is 0 Å². The maximum Gasteiger partial charge on any atom is 0.253 e. The molecule has 2 saturated heterocycles. The number of amides is 2. The van der Waals surface area contributed by atoms with Crippen LogP contribution in [0.2, 0.25) is 0 Å². The van der Waals surface area contributed by atoms with Crippen LogP contribution in [-0.4, -0.2) is 68.0 Å². The Morgan fingerprint density at radius 2 is 1.62 bits per heavy atom. The standard InChI is InChI=1S/C23H34N4O4S/c1-16-14-18(20(28)26-9-5-22(3,30)6-10-26)15-17(2)19(16)4-13-32(31)27-11-7-23(25,8-12-27)21(24)29/h4,13-15,30H,5-12,25H2,1-3H3,(H2,24,29)/b13-4+. The monoisotopic (exact) mass is 462 g/mol. The summed E-state index contributed by atoms with van der Waals surface area (Å²) in [7, 11) is 0. The van der Waals surface area contributed by atoms with Crippen molar-refractivity contribution in [2.45, 2.75) is 57.6 Å². The van der Waals surface area contributed by atoms with Crippen LogP contribution in [-0.2, 0) is 16.2 Å². The Balaban J connectivity index is 1.66. The van der Waals surface area contributed by atoms with Gasteiger partial charge in [0.15, 0.2) is 0 Å². The van der Waals surface area contributed by atoms with Crippen LogP contribution in [0.15, 0.2) is 17.5 Å². The van der Waals surface area contributed by atoms with Crippen LogP contribution < -0.4 is 11.5 Å². The molecule has 2 heterocycles. The zero-order chi connectivity index (χ0) is 23.7. The van der Waals surface area contributed by atoms with E-state index in [1.165, 1.54) is 0 Å². The van der Waals surface area contributed by atoms with E-state index >= 15 is 0 Å². The molecule has 1 aromatic carbocycles. The van der Waals surface area contributed by atoms with Crippen LogP contribution in [0.1, 0.15) is 59.7 Å². The number of aliphatic hydroxyl groups is 1. The number of aryl methyl sites for hydroxylation is 2.